The lowest BCUT2D eigenvalue weighted by Crippen LogP contribution is -2.66. The minimum atomic E-state index is -1.06. The molecule has 0 N–H and O–H groups in total. The van der Waals surface area contributed by atoms with Crippen LogP contribution in [0.2, 0.25) is 0 Å². The zero-order valence-electron chi connectivity index (χ0n) is 33.3. The maximum Gasteiger partial charge on any atom is 0.511 e. The average Bonchev–Trinajstić information content (AvgIpc) is 3.05. The smallest absolute Gasteiger partial charge is 0.460 e. The van der Waals surface area contributed by atoms with Crippen LogP contribution in [0.3, 0.4) is 0 Å². The van der Waals surface area contributed by atoms with Crippen molar-refractivity contribution in [3.8, 4) is 0 Å². The van der Waals surface area contributed by atoms with Crippen molar-refractivity contribution in [2.75, 3.05) is 0 Å². The van der Waals surface area contributed by atoms with E-state index in [9.17, 15) is 19.2 Å². The van der Waals surface area contributed by atoms with E-state index in [1.807, 2.05) is 36.4 Å². The molecule has 0 bridgehead atoms. The summed E-state index contributed by atoms with van der Waals surface area (Å²) < 4.78 is 21.9. The highest BCUT2D eigenvalue weighted by molar-refractivity contribution is 5.96. The number of carbonyl (C=O) groups excluding carboxylic acids is 4. The van der Waals surface area contributed by atoms with Crippen LogP contribution in [0.1, 0.15) is 133 Å². The van der Waals surface area contributed by atoms with E-state index in [1.165, 1.54) is 12.5 Å². The number of ketones is 1. The maximum atomic E-state index is 14.9. The first-order valence-electron chi connectivity index (χ1n) is 19.8. The minimum absolute atomic E-state index is 0.0297. The van der Waals surface area contributed by atoms with E-state index in [0.717, 1.165) is 50.5 Å². The fourth-order valence-corrected chi connectivity index (χ4v) is 12.3. The van der Waals surface area contributed by atoms with Crippen LogP contribution in [-0.4, -0.2) is 36.3 Å². The van der Waals surface area contributed by atoms with Crippen molar-refractivity contribution in [2.24, 2.45) is 56.2 Å². The Labute approximate surface area is 311 Å². The second-order valence-corrected chi connectivity index (χ2v) is 19.3. The van der Waals surface area contributed by atoms with Crippen LogP contribution < -0.4 is 0 Å². The summed E-state index contributed by atoms with van der Waals surface area (Å²) in [6, 6.07) is 9.84. The predicted octanol–water partition coefficient (Wildman–Crippen LogP) is 9.78. The minimum Gasteiger partial charge on any atom is -0.460 e. The van der Waals surface area contributed by atoms with Crippen molar-refractivity contribution in [3.63, 3.8) is 0 Å². The van der Waals surface area contributed by atoms with Gasteiger partial charge in [0.1, 0.15) is 6.61 Å². The Morgan fingerprint density at radius 1 is 0.808 bits per heavy atom. The SMILES string of the molecule is CC(C)OC(=O)O[C@@H](C)OC(=O)[C@H]1CC[C@]2(C)[C@H]3C(=O)C=C4[C@@H]5C[C@@](C)(C(=O)OCc6ccccc6)CC[C@]5(C)CC[C@@]4(C)[C@]3(C)CC[C@H]2C1(C)C. The quantitative estimate of drug-likeness (QED) is 0.156. The molecule has 4 fully saturated rings. The summed E-state index contributed by atoms with van der Waals surface area (Å²) in [5.41, 5.74) is 0.467. The van der Waals surface area contributed by atoms with Gasteiger partial charge in [0.2, 0.25) is 6.29 Å². The largest absolute Gasteiger partial charge is 0.511 e. The molecule has 10 atom stereocenters. The first kappa shape index (κ1) is 38.6. The second kappa shape index (κ2) is 13.3. The van der Waals surface area contributed by atoms with Crippen molar-refractivity contribution >= 4 is 23.9 Å². The van der Waals surface area contributed by atoms with E-state index in [0.29, 0.717) is 12.8 Å². The molecule has 286 valence electrons. The molecule has 5 aliphatic rings. The Kier molecular flexibility index (Phi) is 9.86. The summed E-state index contributed by atoms with van der Waals surface area (Å²) in [6.07, 6.45) is 7.42. The van der Waals surface area contributed by atoms with Gasteiger partial charge in [0, 0.05) is 12.8 Å². The van der Waals surface area contributed by atoms with Gasteiger partial charge in [-0.25, -0.2) is 4.79 Å². The monoisotopic (exact) mass is 718 g/mol. The topological polar surface area (TPSA) is 105 Å². The van der Waals surface area contributed by atoms with Crippen LogP contribution in [0.4, 0.5) is 4.79 Å². The Bertz CT molecular complexity index is 1610. The lowest BCUT2D eigenvalue weighted by Gasteiger charge is -2.70. The summed E-state index contributed by atoms with van der Waals surface area (Å²) in [5.74, 6) is -0.604. The molecule has 6 rings (SSSR count). The zero-order chi connectivity index (χ0) is 38.1. The van der Waals surface area contributed by atoms with Crippen molar-refractivity contribution in [1.82, 2.24) is 0 Å². The number of carbonyl (C=O) groups is 4. The van der Waals surface area contributed by atoms with Gasteiger partial charge in [-0.2, -0.15) is 0 Å². The molecule has 8 heteroatoms. The number of hydrogen-bond acceptors (Lipinski definition) is 8. The molecule has 1 aromatic carbocycles. The number of ether oxygens (including phenoxy) is 4. The summed E-state index contributed by atoms with van der Waals surface area (Å²) in [7, 11) is 0. The van der Waals surface area contributed by atoms with Gasteiger partial charge in [-0.3, -0.25) is 14.4 Å². The van der Waals surface area contributed by atoms with Gasteiger partial charge in [0.25, 0.3) is 0 Å². The fourth-order valence-electron chi connectivity index (χ4n) is 12.3. The van der Waals surface area contributed by atoms with E-state index in [4.69, 9.17) is 18.9 Å². The molecule has 0 unspecified atom stereocenters. The third kappa shape index (κ3) is 6.22. The molecule has 0 saturated heterocycles. The highest BCUT2D eigenvalue weighted by Crippen LogP contribution is 2.75. The number of esters is 2. The summed E-state index contributed by atoms with van der Waals surface area (Å²) >= 11 is 0. The summed E-state index contributed by atoms with van der Waals surface area (Å²) in [4.78, 5) is 54.3. The Balaban J connectivity index is 1.24. The first-order valence-corrected chi connectivity index (χ1v) is 19.8. The molecule has 0 heterocycles. The van der Waals surface area contributed by atoms with Gasteiger partial charge in [-0.05, 0) is 129 Å². The van der Waals surface area contributed by atoms with Gasteiger partial charge in [0.05, 0.1) is 17.4 Å². The molecule has 52 heavy (non-hydrogen) atoms. The van der Waals surface area contributed by atoms with Crippen LogP contribution >= 0.6 is 0 Å². The Morgan fingerprint density at radius 3 is 2.15 bits per heavy atom. The van der Waals surface area contributed by atoms with Crippen molar-refractivity contribution in [2.45, 2.75) is 146 Å². The van der Waals surface area contributed by atoms with Gasteiger partial charge >= 0.3 is 18.1 Å². The molecule has 0 aromatic heterocycles. The molecular weight excluding hydrogens is 656 g/mol. The molecule has 5 aliphatic carbocycles. The molecule has 4 saturated carbocycles. The van der Waals surface area contributed by atoms with Gasteiger partial charge in [0.15, 0.2) is 5.78 Å². The van der Waals surface area contributed by atoms with E-state index in [-0.39, 0.29) is 75.8 Å². The molecular formula is C44H62O8. The average molecular weight is 719 g/mol. The molecule has 0 radical (unpaired) electrons. The van der Waals surface area contributed by atoms with Crippen LogP contribution in [0.25, 0.3) is 0 Å². The van der Waals surface area contributed by atoms with E-state index in [2.05, 4.69) is 48.5 Å². The zero-order valence-corrected chi connectivity index (χ0v) is 33.3. The predicted molar refractivity (Wildman–Crippen MR) is 197 cm³/mol. The van der Waals surface area contributed by atoms with Gasteiger partial charge in [-0.15, -0.1) is 0 Å². The molecule has 1 aromatic rings. The lowest BCUT2D eigenvalue weighted by molar-refractivity contribution is -0.206. The van der Waals surface area contributed by atoms with E-state index < -0.39 is 23.3 Å². The van der Waals surface area contributed by atoms with Crippen molar-refractivity contribution in [3.05, 3.63) is 47.5 Å². The number of benzene rings is 1. The number of fused-ring (bicyclic) bond motifs is 7. The number of allylic oxidation sites excluding steroid dienone is 2. The van der Waals surface area contributed by atoms with Crippen LogP contribution in [0.15, 0.2) is 42.0 Å². The third-order valence-corrected chi connectivity index (χ3v) is 15.5. The lowest BCUT2D eigenvalue weighted by atomic mass is 9.33. The third-order valence-electron chi connectivity index (χ3n) is 15.5. The molecule has 0 spiro atoms. The Hall–Kier alpha value is -3.16. The maximum absolute atomic E-state index is 14.9. The fraction of sp³-hybridized carbons (Fsp3) is 0.727. The van der Waals surface area contributed by atoms with Crippen LogP contribution in [0, 0.1) is 56.2 Å². The number of rotatable bonds is 7. The second-order valence-electron chi connectivity index (χ2n) is 19.3. The molecule has 0 amide bonds. The summed E-state index contributed by atoms with van der Waals surface area (Å²) in [5, 5.41) is 0. The van der Waals surface area contributed by atoms with Gasteiger partial charge < -0.3 is 18.9 Å². The normalized spacial score (nSPS) is 39.8. The molecule has 0 aliphatic heterocycles. The van der Waals surface area contributed by atoms with Crippen LogP contribution in [0.5, 0.6) is 0 Å². The Morgan fingerprint density at radius 2 is 1.48 bits per heavy atom. The first-order chi connectivity index (χ1) is 24.2. The summed E-state index contributed by atoms with van der Waals surface area (Å²) in [6.45, 7) is 21.1. The highest BCUT2D eigenvalue weighted by atomic mass is 16.8. The van der Waals surface area contributed by atoms with E-state index >= 15 is 0 Å². The number of hydrogen-bond donors (Lipinski definition) is 0. The van der Waals surface area contributed by atoms with Crippen molar-refractivity contribution in [1.29, 1.82) is 0 Å². The van der Waals surface area contributed by atoms with Crippen LogP contribution in [-0.2, 0) is 39.9 Å². The van der Waals surface area contributed by atoms with Crippen molar-refractivity contribution < 1.29 is 38.1 Å². The van der Waals surface area contributed by atoms with E-state index in [1.54, 1.807) is 13.8 Å². The highest BCUT2D eigenvalue weighted by Gasteiger charge is 2.70. The standard InChI is InChI=1S/C44H62O8/c1-27(2)50-38(48)52-28(3)51-36(46)30-16-18-42(8)34(39(30,4)5)17-19-44(10)35(42)33(45)24-31-32-25-41(7,21-20-40(32,6)22-23-43(31,44)9)37(47)49-26-29-14-12-11-13-15-29/h11-15,24,27-28,30,32,34-35H,16-23,25-26H2,1-10H3/t28-,30+,32-,34-,35+,40+,41-,42-,43+,44+/m0/s1. The molecule has 8 nitrogen and oxygen atoms in total. The van der Waals surface area contributed by atoms with Gasteiger partial charge in [-0.1, -0.05) is 77.4 Å².